The number of hydrogen-bond acceptors (Lipinski definition) is 6. The van der Waals surface area contributed by atoms with Crippen LogP contribution < -0.4 is 25.4 Å². The summed E-state index contributed by atoms with van der Waals surface area (Å²) in [5.41, 5.74) is 3.47. The molecular weight excluding hydrogens is 588 g/mol. The first-order chi connectivity index (χ1) is 22.0. The minimum Gasteiger partial charge on any atom is -0.486 e. The van der Waals surface area contributed by atoms with Crippen molar-refractivity contribution in [1.29, 1.82) is 0 Å². The smallest absolute Gasteiger partial charge is 0.272 e. The summed E-state index contributed by atoms with van der Waals surface area (Å²) in [6.07, 6.45) is 3.78. The molecule has 0 atom stereocenters. The molecule has 1 aromatic heterocycles. The number of carbonyl (C=O) groups is 3. The van der Waals surface area contributed by atoms with E-state index >= 15 is 0 Å². The van der Waals surface area contributed by atoms with Crippen LogP contribution in [0.5, 0.6) is 11.5 Å². The van der Waals surface area contributed by atoms with Crippen LogP contribution in [0.1, 0.15) is 22.3 Å². The number of aromatic nitrogens is 1. The third kappa shape index (κ3) is 7.54. The summed E-state index contributed by atoms with van der Waals surface area (Å²) in [4.78, 5) is 43.0. The largest absolute Gasteiger partial charge is 0.486 e. The molecule has 45 heavy (non-hydrogen) atoms. The zero-order valence-corrected chi connectivity index (χ0v) is 25.0. The molecular formula is C35H30N4O5S. The van der Waals surface area contributed by atoms with E-state index in [1.807, 2.05) is 42.5 Å². The molecule has 6 rings (SSSR count). The predicted molar refractivity (Wildman–Crippen MR) is 177 cm³/mol. The van der Waals surface area contributed by atoms with Gasteiger partial charge >= 0.3 is 0 Å². The van der Waals surface area contributed by atoms with Crippen LogP contribution in [-0.2, 0) is 9.59 Å². The number of ether oxygens (including phenoxy) is 2. The first-order valence-electron chi connectivity index (χ1n) is 14.4. The molecule has 4 aromatic carbocycles. The number of thioether (sulfide) groups is 1. The molecule has 226 valence electrons. The van der Waals surface area contributed by atoms with Gasteiger partial charge in [0.2, 0.25) is 5.91 Å². The van der Waals surface area contributed by atoms with Gasteiger partial charge < -0.3 is 30.4 Å². The molecule has 0 fully saturated rings. The zero-order chi connectivity index (χ0) is 31.0. The average Bonchev–Trinajstić information content (AvgIpc) is 3.48. The van der Waals surface area contributed by atoms with Gasteiger partial charge in [0.25, 0.3) is 11.8 Å². The third-order valence-electron chi connectivity index (χ3n) is 6.99. The van der Waals surface area contributed by atoms with E-state index in [2.05, 4.69) is 20.9 Å². The second-order valence-corrected chi connectivity index (χ2v) is 11.3. The maximum Gasteiger partial charge on any atom is 0.272 e. The van der Waals surface area contributed by atoms with Gasteiger partial charge in [-0.25, -0.2) is 0 Å². The SMILES string of the molecule is O=C(CCSc1ccc(NC(=O)/C(=C\c2c[nH]c3ccccc23)NC(=O)c2ccccc2)cc1)Nc1ccc2c(c1)OCCO2. The average molecular weight is 619 g/mol. The monoisotopic (exact) mass is 618 g/mol. The second-order valence-electron chi connectivity index (χ2n) is 10.2. The third-order valence-corrected chi connectivity index (χ3v) is 8.00. The molecule has 5 aromatic rings. The number of rotatable bonds is 10. The van der Waals surface area contributed by atoms with Crippen LogP contribution in [0.15, 0.2) is 114 Å². The molecule has 0 unspecified atom stereocenters. The van der Waals surface area contributed by atoms with Crippen LogP contribution in [0.25, 0.3) is 17.0 Å². The van der Waals surface area contributed by atoms with E-state index in [1.165, 1.54) is 11.8 Å². The maximum absolute atomic E-state index is 13.4. The maximum atomic E-state index is 13.4. The van der Waals surface area contributed by atoms with Gasteiger partial charge in [-0.05, 0) is 60.7 Å². The van der Waals surface area contributed by atoms with Gasteiger partial charge in [0.05, 0.1) is 0 Å². The standard InChI is InChI=1S/C35H30N4O5S/c40-33(37-26-12-15-31-32(21-26)44-18-17-43-31)16-19-45-27-13-10-25(11-14-27)38-35(42)30(39-34(41)23-6-2-1-3-7-23)20-24-22-36-29-9-5-4-8-28(24)29/h1-15,20-22,36H,16-19H2,(H,37,40)(H,38,42)(H,39,41)/b30-20+. The summed E-state index contributed by atoms with van der Waals surface area (Å²) in [6.45, 7) is 0.997. The fourth-order valence-electron chi connectivity index (χ4n) is 4.75. The van der Waals surface area contributed by atoms with E-state index in [9.17, 15) is 14.4 Å². The van der Waals surface area contributed by atoms with E-state index in [1.54, 1.807) is 66.9 Å². The summed E-state index contributed by atoms with van der Waals surface area (Å²) in [5, 5.41) is 9.49. The number of H-pyrrole nitrogens is 1. The van der Waals surface area contributed by atoms with Gasteiger partial charge in [0.1, 0.15) is 18.9 Å². The topological polar surface area (TPSA) is 122 Å². The van der Waals surface area contributed by atoms with E-state index in [4.69, 9.17) is 9.47 Å². The molecule has 1 aliphatic heterocycles. The minimum absolute atomic E-state index is 0.102. The normalized spacial score (nSPS) is 12.4. The van der Waals surface area contributed by atoms with Crippen molar-refractivity contribution in [2.75, 3.05) is 29.6 Å². The van der Waals surface area contributed by atoms with Crippen molar-refractivity contribution in [1.82, 2.24) is 10.3 Å². The number of hydrogen-bond donors (Lipinski definition) is 4. The van der Waals surface area contributed by atoms with Crippen LogP contribution in [0.2, 0.25) is 0 Å². The molecule has 0 aliphatic carbocycles. The highest BCUT2D eigenvalue weighted by Crippen LogP contribution is 2.32. The second kappa shape index (κ2) is 13.9. The number of carbonyl (C=O) groups excluding carboxylic acids is 3. The van der Waals surface area contributed by atoms with Crippen molar-refractivity contribution >= 4 is 57.8 Å². The minimum atomic E-state index is -0.458. The van der Waals surface area contributed by atoms with Gasteiger partial charge in [-0.1, -0.05) is 36.4 Å². The molecule has 2 heterocycles. The molecule has 9 nitrogen and oxygen atoms in total. The van der Waals surface area contributed by atoms with Crippen molar-refractivity contribution in [2.24, 2.45) is 0 Å². The Morgan fingerprint density at radius 3 is 2.36 bits per heavy atom. The van der Waals surface area contributed by atoms with Crippen LogP contribution in [0, 0.1) is 0 Å². The lowest BCUT2D eigenvalue weighted by Gasteiger charge is -2.19. The highest BCUT2D eigenvalue weighted by Gasteiger charge is 2.17. The number of nitrogens with one attached hydrogen (secondary N) is 4. The number of fused-ring (bicyclic) bond motifs is 2. The quantitative estimate of drug-likeness (QED) is 0.105. The van der Waals surface area contributed by atoms with Gasteiger partial charge in [0.15, 0.2) is 11.5 Å². The van der Waals surface area contributed by atoms with Gasteiger partial charge in [-0.15, -0.1) is 11.8 Å². The Morgan fingerprint density at radius 1 is 0.800 bits per heavy atom. The highest BCUT2D eigenvalue weighted by molar-refractivity contribution is 7.99. The summed E-state index contributed by atoms with van der Waals surface area (Å²) in [7, 11) is 0. The summed E-state index contributed by atoms with van der Waals surface area (Å²) >= 11 is 1.54. The number of para-hydroxylation sites is 1. The molecule has 0 saturated heterocycles. The van der Waals surface area contributed by atoms with Crippen molar-refractivity contribution in [2.45, 2.75) is 11.3 Å². The fourth-order valence-corrected chi connectivity index (χ4v) is 5.60. The highest BCUT2D eigenvalue weighted by atomic mass is 32.2. The number of anilines is 2. The fraction of sp³-hybridized carbons (Fsp3) is 0.114. The molecule has 1 aliphatic rings. The summed E-state index contributed by atoms with van der Waals surface area (Å²) in [5.74, 6) is 0.927. The Bertz CT molecular complexity index is 1870. The predicted octanol–water partition coefficient (Wildman–Crippen LogP) is 6.47. The Labute approximate surface area is 264 Å². The Hall–Kier alpha value is -5.48. The van der Waals surface area contributed by atoms with E-state index < -0.39 is 5.91 Å². The lowest BCUT2D eigenvalue weighted by atomic mass is 10.1. The van der Waals surface area contributed by atoms with Gasteiger partial charge in [0, 0.05) is 62.7 Å². The van der Waals surface area contributed by atoms with E-state index in [-0.39, 0.29) is 17.5 Å². The van der Waals surface area contributed by atoms with Crippen molar-refractivity contribution in [3.05, 3.63) is 120 Å². The number of aromatic amines is 1. The molecule has 0 bridgehead atoms. The molecule has 10 heteroatoms. The van der Waals surface area contributed by atoms with Crippen LogP contribution in [-0.4, -0.2) is 41.7 Å². The summed E-state index contributed by atoms with van der Waals surface area (Å²) < 4.78 is 11.1. The van der Waals surface area contributed by atoms with E-state index in [0.717, 1.165) is 21.4 Å². The van der Waals surface area contributed by atoms with Gasteiger partial charge in [-0.3, -0.25) is 14.4 Å². The Kier molecular flexibility index (Phi) is 9.12. The number of amides is 3. The summed E-state index contributed by atoms with van der Waals surface area (Å²) in [6, 6.07) is 29.2. The Morgan fingerprint density at radius 2 is 1.53 bits per heavy atom. The number of benzene rings is 4. The Balaban J connectivity index is 1.07. The zero-order valence-electron chi connectivity index (χ0n) is 24.2. The van der Waals surface area contributed by atoms with Crippen LogP contribution in [0.3, 0.4) is 0 Å². The lowest BCUT2D eigenvalue weighted by molar-refractivity contribution is -0.116. The molecule has 4 N–H and O–H groups in total. The van der Waals surface area contributed by atoms with Crippen molar-refractivity contribution in [3.63, 3.8) is 0 Å². The first kappa shape index (κ1) is 29.6. The molecule has 0 radical (unpaired) electrons. The van der Waals surface area contributed by atoms with E-state index in [0.29, 0.717) is 53.8 Å². The molecule has 0 spiro atoms. The lowest BCUT2D eigenvalue weighted by Crippen LogP contribution is -2.30. The first-order valence-corrected chi connectivity index (χ1v) is 15.4. The molecule has 3 amide bonds. The molecule has 0 saturated carbocycles. The van der Waals surface area contributed by atoms with Crippen LogP contribution >= 0.6 is 11.8 Å². The van der Waals surface area contributed by atoms with Crippen LogP contribution in [0.4, 0.5) is 11.4 Å². The van der Waals surface area contributed by atoms with Crippen molar-refractivity contribution < 1.29 is 23.9 Å². The van der Waals surface area contributed by atoms with Crippen molar-refractivity contribution in [3.8, 4) is 11.5 Å². The van der Waals surface area contributed by atoms with Gasteiger partial charge in [-0.2, -0.15) is 0 Å².